The van der Waals surface area contributed by atoms with E-state index in [4.69, 9.17) is 10.2 Å². The maximum Gasteiger partial charge on any atom is 0.292 e. The van der Waals surface area contributed by atoms with Gasteiger partial charge in [-0.3, -0.25) is 9.59 Å². The topological polar surface area (TPSA) is 96.0 Å². The first-order valence-corrected chi connectivity index (χ1v) is 6.86. The van der Waals surface area contributed by atoms with E-state index in [0.29, 0.717) is 23.0 Å². The predicted octanol–water partition coefficient (Wildman–Crippen LogP) is 1.48. The molecule has 0 aliphatic carbocycles. The number of carbonyl (C=O) groups excluding carboxylic acids is 1. The summed E-state index contributed by atoms with van der Waals surface area (Å²) in [6.45, 7) is 7.55. The van der Waals surface area contributed by atoms with Crippen molar-refractivity contribution in [3.63, 3.8) is 0 Å². The normalized spacial score (nSPS) is 12.8. The Balaban J connectivity index is 2.43. The number of primary amides is 1. The highest BCUT2D eigenvalue weighted by atomic mass is 16.3. The number of allylic oxidation sites excluding steroid dienone is 1. The summed E-state index contributed by atoms with van der Waals surface area (Å²) in [5.74, 6) is 0.134. The van der Waals surface area contributed by atoms with E-state index < -0.39 is 11.9 Å². The van der Waals surface area contributed by atoms with Crippen LogP contribution in [0.4, 0.5) is 0 Å². The van der Waals surface area contributed by atoms with Crippen LogP contribution in [0, 0.1) is 6.92 Å². The minimum atomic E-state index is -0.822. The Hall–Kier alpha value is -2.83. The fraction of sp³-hybridized carbons (Fsp3) is 0.267. The zero-order chi connectivity index (χ0) is 16.0. The van der Waals surface area contributed by atoms with Crippen molar-refractivity contribution < 1.29 is 9.21 Å². The van der Waals surface area contributed by atoms with Crippen LogP contribution in [0.5, 0.6) is 0 Å². The lowest BCUT2D eigenvalue weighted by atomic mass is 10.3. The first-order valence-electron chi connectivity index (χ1n) is 6.86. The Morgan fingerprint density at radius 2 is 2.32 bits per heavy atom. The van der Waals surface area contributed by atoms with Crippen molar-refractivity contribution in [1.82, 2.24) is 14.3 Å². The molecule has 114 valence electrons. The third kappa shape index (κ3) is 1.86. The molecule has 1 atom stereocenters. The van der Waals surface area contributed by atoms with Gasteiger partial charge in [0.1, 0.15) is 17.3 Å². The smallest absolute Gasteiger partial charge is 0.292 e. The summed E-state index contributed by atoms with van der Waals surface area (Å²) < 4.78 is 8.58. The number of aromatic nitrogens is 3. The van der Waals surface area contributed by atoms with Crippen LogP contribution < -0.4 is 11.3 Å². The van der Waals surface area contributed by atoms with E-state index in [1.165, 1.54) is 13.1 Å². The number of nitrogens with two attached hydrogens (primary N) is 1. The minimum Gasteiger partial charge on any atom is -0.459 e. The van der Waals surface area contributed by atoms with Gasteiger partial charge in [0, 0.05) is 12.6 Å². The molecule has 2 N–H and O–H groups in total. The molecule has 0 unspecified atom stereocenters. The van der Waals surface area contributed by atoms with Crippen LogP contribution in [0.25, 0.3) is 22.0 Å². The van der Waals surface area contributed by atoms with Crippen LogP contribution in [-0.2, 0) is 11.3 Å². The third-order valence-electron chi connectivity index (χ3n) is 3.71. The van der Waals surface area contributed by atoms with Crippen molar-refractivity contribution >= 4 is 27.9 Å². The predicted molar refractivity (Wildman–Crippen MR) is 82.6 cm³/mol. The van der Waals surface area contributed by atoms with Crippen LogP contribution in [0.1, 0.15) is 18.7 Å². The third-order valence-corrected chi connectivity index (χ3v) is 3.71. The Morgan fingerprint density at radius 1 is 1.59 bits per heavy atom. The summed E-state index contributed by atoms with van der Waals surface area (Å²) in [5.41, 5.74) is 6.73. The Morgan fingerprint density at radius 3 is 2.95 bits per heavy atom. The quantitative estimate of drug-likeness (QED) is 0.738. The summed E-state index contributed by atoms with van der Waals surface area (Å²) in [5, 5.41) is 4.68. The summed E-state index contributed by atoms with van der Waals surface area (Å²) in [6.07, 6.45) is 3.23. The highest BCUT2D eigenvalue weighted by Crippen LogP contribution is 2.29. The maximum atomic E-state index is 12.7. The van der Waals surface area contributed by atoms with E-state index >= 15 is 0 Å². The van der Waals surface area contributed by atoms with Gasteiger partial charge >= 0.3 is 0 Å². The first kappa shape index (κ1) is 14.1. The number of hydrogen-bond acceptors (Lipinski definition) is 4. The second-order valence-corrected chi connectivity index (χ2v) is 5.21. The van der Waals surface area contributed by atoms with Gasteiger partial charge in [-0.2, -0.15) is 5.10 Å². The number of aryl methyl sites for hydroxylation is 1. The molecule has 3 aromatic rings. The zero-order valence-corrected chi connectivity index (χ0v) is 12.4. The van der Waals surface area contributed by atoms with E-state index in [1.54, 1.807) is 6.08 Å². The van der Waals surface area contributed by atoms with Gasteiger partial charge < -0.3 is 14.7 Å². The lowest BCUT2D eigenvalue weighted by molar-refractivity contribution is -0.121. The standard InChI is InChI=1S/C15H16N4O3/c1-4-5-18-11-6-8(2)22-13(11)10-7-17-19(9(3)14(16)20)15(21)12(10)18/h4,6-7,9H,1,5H2,2-3H3,(H2,16,20)/t9-/m0/s1. The summed E-state index contributed by atoms with van der Waals surface area (Å²) in [7, 11) is 0. The molecule has 0 aliphatic rings. The molecule has 3 rings (SSSR count). The molecular formula is C15H16N4O3. The number of carbonyl (C=O) groups is 1. The van der Waals surface area contributed by atoms with Crippen LogP contribution in [0.3, 0.4) is 0 Å². The van der Waals surface area contributed by atoms with Gasteiger partial charge in [-0.25, -0.2) is 4.68 Å². The lowest BCUT2D eigenvalue weighted by Gasteiger charge is -2.10. The van der Waals surface area contributed by atoms with Crippen molar-refractivity contribution in [2.24, 2.45) is 5.73 Å². The monoisotopic (exact) mass is 300 g/mol. The second-order valence-electron chi connectivity index (χ2n) is 5.21. The number of hydrogen-bond donors (Lipinski definition) is 1. The highest BCUT2D eigenvalue weighted by Gasteiger charge is 2.21. The van der Waals surface area contributed by atoms with Crippen LogP contribution >= 0.6 is 0 Å². The molecule has 0 saturated heterocycles. The molecule has 0 spiro atoms. The molecule has 0 saturated carbocycles. The SMILES string of the molecule is C=CCn1c2cc(C)oc2c2cnn([C@@H](C)C(N)=O)c(=O)c21. The molecule has 0 aliphatic heterocycles. The maximum absolute atomic E-state index is 12.7. The van der Waals surface area contributed by atoms with Gasteiger partial charge in [-0.15, -0.1) is 6.58 Å². The van der Waals surface area contributed by atoms with Gasteiger partial charge in [-0.1, -0.05) is 6.08 Å². The van der Waals surface area contributed by atoms with Crippen molar-refractivity contribution in [3.05, 3.63) is 41.0 Å². The molecule has 0 aromatic carbocycles. The number of nitrogens with zero attached hydrogens (tertiary/aromatic N) is 3. The van der Waals surface area contributed by atoms with Crippen molar-refractivity contribution in [2.45, 2.75) is 26.4 Å². The molecule has 3 heterocycles. The first-order chi connectivity index (χ1) is 10.5. The molecule has 0 radical (unpaired) electrons. The second kappa shape index (κ2) is 4.87. The molecule has 22 heavy (non-hydrogen) atoms. The van der Waals surface area contributed by atoms with Gasteiger partial charge in [0.25, 0.3) is 5.56 Å². The summed E-state index contributed by atoms with van der Waals surface area (Å²) in [4.78, 5) is 24.1. The summed E-state index contributed by atoms with van der Waals surface area (Å²) in [6, 6.07) is 1.04. The van der Waals surface area contributed by atoms with Crippen molar-refractivity contribution in [2.75, 3.05) is 0 Å². The molecule has 7 nitrogen and oxygen atoms in total. The van der Waals surface area contributed by atoms with Crippen LogP contribution in [0.15, 0.2) is 34.1 Å². The van der Waals surface area contributed by atoms with Gasteiger partial charge in [0.05, 0.1) is 17.1 Å². The molecule has 1 amide bonds. The van der Waals surface area contributed by atoms with Crippen molar-refractivity contribution in [1.29, 1.82) is 0 Å². The number of rotatable bonds is 4. The van der Waals surface area contributed by atoms with Gasteiger partial charge in [0.15, 0.2) is 5.58 Å². The molecule has 7 heteroatoms. The van der Waals surface area contributed by atoms with E-state index in [-0.39, 0.29) is 5.56 Å². The lowest BCUT2D eigenvalue weighted by Crippen LogP contribution is -2.34. The Bertz CT molecular complexity index is 961. The van der Waals surface area contributed by atoms with Gasteiger partial charge in [0.2, 0.25) is 5.91 Å². The number of amides is 1. The van der Waals surface area contributed by atoms with E-state index in [2.05, 4.69) is 11.7 Å². The number of fused-ring (bicyclic) bond motifs is 3. The average Bonchev–Trinajstić information content (AvgIpc) is 2.97. The average molecular weight is 300 g/mol. The minimum absolute atomic E-state index is 0.380. The van der Waals surface area contributed by atoms with Crippen LogP contribution in [-0.4, -0.2) is 20.3 Å². The highest BCUT2D eigenvalue weighted by molar-refractivity contribution is 6.04. The molecule has 0 fully saturated rings. The van der Waals surface area contributed by atoms with E-state index in [9.17, 15) is 9.59 Å². The summed E-state index contributed by atoms with van der Waals surface area (Å²) >= 11 is 0. The fourth-order valence-corrected chi connectivity index (χ4v) is 2.61. The van der Waals surface area contributed by atoms with Crippen molar-refractivity contribution in [3.8, 4) is 0 Å². The van der Waals surface area contributed by atoms with Gasteiger partial charge in [-0.05, 0) is 13.8 Å². The molecule has 0 bridgehead atoms. The largest absolute Gasteiger partial charge is 0.459 e. The number of furan rings is 1. The Labute approximate surface area is 125 Å². The van der Waals surface area contributed by atoms with E-state index in [0.717, 1.165) is 16.0 Å². The Kier molecular flexibility index (Phi) is 3.13. The molecule has 3 aromatic heterocycles. The van der Waals surface area contributed by atoms with Crippen LogP contribution in [0.2, 0.25) is 0 Å². The van der Waals surface area contributed by atoms with E-state index in [1.807, 2.05) is 17.6 Å². The zero-order valence-electron chi connectivity index (χ0n) is 12.4. The fourth-order valence-electron chi connectivity index (χ4n) is 2.61. The molecular weight excluding hydrogens is 284 g/mol.